The van der Waals surface area contributed by atoms with Gasteiger partial charge in [-0.1, -0.05) is 17.7 Å². The Balaban J connectivity index is 1.56. The van der Waals surface area contributed by atoms with E-state index in [1.54, 1.807) is 29.2 Å². The monoisotopic (exact) mass is 488 g/mol. The van der Waals surface area contributed by atoms with E-state index in [-0.39, 0.29) is 29.5 Å². The summed E-state index contributed by atoms with van der Waals surface area (Å²) in [5.74, 6) is -0.804. The molecular formula is C24H27F3N6O2. The van der Waals surface area contributed by atoms with Crippen LogP contribution in [0.3, 0.4) is 0 Å². The van der Waals surface area contributed by atoms with Gasteiger partial charge in [0.25, 0.3) is 0 Å². The molecule has 0 spiro atoms. The first-order chi connectivity index (χ1) is 16.7. The Hall–Kier alpha value is -3.63. The first kappa shape index (κ1) is 24.5. The van der Waals surface area contributed by atoms with Crippen LogP contribution in [0.1, 0.15) is 44.6 Å². The van der Waals surface area contributed by atoms with Crippen molar-refractivity contribution < 1.29 is 22.8 Å². The number of benzene rings is 1. The molecule has 2 aromatic rings. The number of nitrogens with one attached hydrogen (secondary N) is 3. The smallest absolute Gasteiger partial charge is 0.350 e. The molecule has 2 amide bonds. The van der Waals surface area contributed by atoms with Crippen molar-refractivity contribution in [1.29, 1.82) is 0 Å². The maximum Gasteiger partial charge on any atom is 0.421 e. The maximum absolute atomic E-state index is 13.7. The van der Waals surface area contributed by atoms with Gasteiger partial charge in [-0.25, -0.2) is 4.98 Å². The number of hydrogen-bond acceptors (Lipinski definition) is 6. The lowest BCUT2D eigenvalue weighted by molar-refractivity contribution is -0.137. The van der Waals surface area contributed by atoms with Gasteiger partial charge in [-0.3, -0.25) is 9.59 Å². The summed E-state index contributed by atoms with van der Waals surface area (Å²) in [6.45, 7) is 2.55. The topological polar surface area (TPSA) is 99.3 Å². The van der Waals surface area contributed by atoms with Crippen LogP contribution in [0, 0.1) is 0 Å². The predicted molar refractivity (Wildman–Crippen MR) is 126 cm³/mol. The van der Waals surface area contributed by atoms with Gasteiger partial charge >= 0.3 is 6.18 Å². The van der Waals surface area contributed by atoms with Gasteiger partial charge in [0.15, 0.2) is 0 Å². The Morgan fingerprint density at radius 3 is 2.54 bits per heavy atom. The van der Waals surface area contributed by atoms with Crippen molar-refractivity contribution in [2.24, 2.45) is 0 Å². The molecule has 1 aromatic heterocycles. The van der Waals surface area contributed by atoms with Crippen molar-refractivity contribution in [3.63, 3.8) is 0 Å². The van der Waals surface area contributed by atoms with Crippen LogP contribution in [0.25, 0.3) is 0 Å². The molecule has 1 aliphatic carbocycles. The molecule has 1 saturated carbocycles. The minimum absolute atomic E-state index is 0.0205. The minimum Gasteiger partial charge on any atom is -0.350 e. The molecule has 2 fully saturated rings. The lowest BCUT2D eigenvalue weighted by atomic mass is 9.92. The van der Waals surface area contributed by atoms with Crippen molar-refractivity contribution >= 4 is 35.0 Å². The van der Waals surface area contributed by atoms with Gasteiger partial charge in [-0.2, -0.15) is 18.2 Å². The molecule has 1 atom stereocenters. The van der Waals surface area contributed by atoms with E-state index in [2.05, 4.69) is 25.9 Å². The second kappa shape index (κ2) is 10.3. The first-order valence-corrected chi connectivity index (χ1v) is 11.5. The Morgan fingerprint density at radius 1 is 1.14 bits per heavy atom. The summed E-state index contributed by atoms with van der Waals surface area (Å²) in [7, 11) is 0. The number of allylic oxidation sites excluding steroid dienone is 1. The van der Waals surface area contributed by atoms with E-state index in [9.17, 15) is 22.8 Å². The van der Waals surface area contributed by atoms with Crippen LogP contribution >= 0.6 is 0 Å². The zero-order valence-electron chi connectivity index (χ0n) is 19.3. The van der Waals surface area contributed by atoms with Crippen LogP contribution in [-0.4, -0.2) is 45.8 Å². The van der Waals surface area contributed by atoms with E-state index in [0.29, 0.717) is 18.8 Å². The summed E-state index contributed by atoms with van der Waals surface area (Å²) < 4.78 is 41.2. The highest BCUT2D eigenvalue weighted by atomic mass is 19.4. The number of para-hydroxylation sites is 2. The molecule has 4 rings (SSSR count). The number of alkyl halides is 3. The van der Waals surface area contributed by atoms with Crippen LogP contribution in [0.2, 0.25) is 0 Å². The van der Waals surface area contributed by atoms with Crippen LogP contribution in [0.15, 0.2) is 42.1 Å². The van der Waals surface area contributed by atoms with Crippen molar-refractivity contribution in [3.8, 4) is 0 Å². The largest absolute Gasteiger partial charge is 0.421 e. The van der Waals surface area contributed by atoms with Crippen molar-refractivity contribution in [3.05, 3.63) is 47.7 Å². The summed E-state index contributed by atoms with van der Waals surface area (Å²) in [4.78, 5) is 33.7. The van der Waals surface area contributed by atoms with Gasteiger partial charge in [-0.15, -0.1) is 0 Å². The zero-order valence-corrected chi connectivity index (χ0v) is 19.3. The average molecular weight is 489 g/mol. The van der Waals surface area contributed by atoms with Gasteiger partial charge in [0.1, 0.15) is 11.4 Å². The Kier molecular flexibility index (Phi) is 7.23. The number of amides is 2. The highest BCUT2D eigenvalue weighted by Crippen LogP contribution is 2.36. The molecule has 0 radical (unpaired) electrons. The molecule has 0 bridgehead atoms. The van der Waals surface area contributed by atoms with Gasteiger partial charge in [0.05, 0.1) is 11.4 Å². The van der Waals surface area contributed by atoms with Crippen LogP contribution in [-0.2, 0) is 15.8 Å². The normalized spacial score (nSPS) is 17.9. The summed E-state index contributed by atoms with van der Waals surface area (Å²) in [6, 6.07) is 6.31. The summed E-state index contributed by atoms with van der Waals surface area (Å²) in [6.07, 6.45) is 1.88. The number of anilines is 4. The SMILES string of the molecule is CC(=O)N1CCCC(Nc2ncc(C(F)(F)F)c(Nc3ccccc3NC(=O)C=C3CCC3)n2)C1. The number of carbonyl (C=O) groups excluding carboxylic acids is 2. The molecular weight excluding hydrogens is 461 g/mol. The van der Waals surface area contributed by atoms with E-state index in [0.717, 1.165) is 43.9 Å². The molecule has 1 aliphatic heterocycles. The lowest BCUT2D eigenvalue weighted by Crippen LogP contribution is -2.44. The fourth-order valence-corrected chi connectivity index (χ4v) is 4.03. The molecule has 8 nitrogen and oxygen atoms in total. The van der Waals surface area contributed by atoms with Crippen molar-refractivity contribution in [2.45, 2.75) is 51.2 Å². The minimum atomic E-state index is -4.69. The second-order valence-corrected chi connectivity index (χ2v) is 8.72. The predicted octanol–water partition coefficient (Wildman–Crippen LogP) is 4.71. The Labute approximate surface area is 201 Å². The van der Waals surface area contributed by atoms with Gasteiger partial charge in [0, 0.05) is 38.3 Å². The summed E-state index contributed by atoms with van der Waals surface area (Å²) in [5, 5.41) is 8.51. The van der Waals surface area contributed by atoms with E-state index >= 15 is 0 Å². The van der Waals surface area contributed by atoms with Gasteiger partial charge < -0.3 is 20.9 Å². The van der Waals surface area contributed by atoms with Crippen molar-refractivity contribution in [2.75, 3.05) is 29.0 Å². The number of aromatic nitrogens is 2. The third-order valence-corrected chi connectivity index (χ3v) is 6.06. The number of halogens is 3. The highest BCUT2D eigenvalue weighted by molar-refractivity contribution is 6.02. The standard InChI is InChI=1S/C24H27F3N6O2/c1-15(34)33-11-5-8-17(14-33)29-23-28-13-18(24(25,26)27)22(32-23)31-20-10-3-2-9-19(20)30-21(35)12-16-6-4-7-16/h2-3,9-10,12-13,17H,4-8,11,14H2,1H3,(H,30,35)(H2,28,29,31,32). The number of likely N-dealkylation sites (tertiary alicyclic amines) is 1. The molecule has 1 saturated heterocycles. The van der Waals surface area contributed by atoms with Crippen LogP contribution < -0.4 is 16.0 Å². The maximum atomic E-state index is 13.7. The van der Waals surface area contributed by atoms with Crippen molar-refractivity contribution in [1.82, 2.24) is 14.9 Å². The number of piperidine rings is 1. The summed E-state index contributed by atoms with van der Waals surface area (Å²) >= 11 is 0. The molecule has 11 heteroatoms. The molecule has 3 N–H and O–H groups in total. The van der Waals surface area contributed by atoms with Crippen LogP contribution in [0.4, 0.5) is 36.3 Å². The number of carbonyl (C=O) groups is 2. The second-order valence-electron chi connectivity index (χ2n) is 8.72. The molecule has 35 heavy (non-hydrogen) atoms. The highest BCUT2D eigenvalue weighted by Gasteiger charge is 2.36. The zero-order chi connectivity index (χ0) is 25.0. The third kappa shape index (κ3) is 6.28. The number of nitrogens with zero attached hydrogens (tertiary/aromatic N) is 3. The molecule has 2 aliphatic rings. The average Bonchev–Trinajstić information content (AvgIpc) is 2.77. The summed E-state index contributed by atoms with van der Waals surface area (Å²) in [5.41, 5.74) is 0.613. The number of hydrogen-bond donors (Lipinski definition) is 3. The fourth-order valence-electron chi connectivity index (χ4n) is 4.03. The molecule has 1 aromatic carbocycles. The molecule has 2 heterocycles. The van der Waals surface area contributed by atoms with E-state index in [1.807, 2.05) is 0 Å². The quantitative estimate of drug-likeness (QED) is 0.510. The number of rotatable bonds is 6. The first-order valence-electron chi connectivity index (χ1n) is 11.5. The fraction of sp³-hybridized carbons (Fsp3) is 0.417. The Morgan fingerprint density at radius 2 is 1.89 bits per heavy atom. The van der Waals surface area contributed by atoms with E-state index in [4.69, 9.17) is 0 Å². The van der Waals surface area contributed by atoms with Gasteiger partial charge in [0.2, 0.25) is 17.8 Å². The van der Waals surface area contributed by atoms with Gasteiger partial charge in [-0.05, 0) is 44.2 Å². The van der Waals surface area contributed by atoms with Crippen LogP contribution in [0.5, 0.6) is 0 Å². The molecule has 186 valence electrons. The lowest BCUT2D eigenvalue weighted by Gasteiger charge is -2.32. The molecule has 1 unspecified atom stereocenters. The van der Waals surface area contributed by atoms with E-state index in [1.165, 1.54) is 13.0 Å². The van der Waals surface area contributed by atoms with E-state index < -0.39 is 17.6 Å². The third-order valence-electron chi connectivity index (χ3n) is 6.06. The Bertz CT molecular complexity index is 1130.